The summed E-state index contributed by atoms with van der Waals surface area (Å²) in [5.74, 6) is 0. The largest absolute Gasteiger partial charge is 0.396 e. The first kappa shape index (κ1) is 14.8. The molecule has 3 N–H and O–H groups in total. The Morgan fingerprint density at radius 3 is 2.39 bits per heavy atom. The standard InChI is InChI=1S/C11H17N3O2S2/c1-4-7(5-2)14-11-10(18(3,15)16)9(13)8(6-12)17-11/h7,14H,4-5,13H2,1-3H3. The first-order valence-electron chi connectivity index (χ1n) is 5.64. The molecule has 0 atom stereocenters. The molecule has 0 aliphatic carbocycles. The third kappa shape index (κ3) is 2.94. The van der Waals surface area contributed by atoms with Crippen molar-refractivity contribution in [3.8, 4) is 6.07 Å². The molecule has 18 heavy (non-hydrogen) atoms. The Morgan fingerprint density at radius 1 is 1.44 bits per heavy atom. The zero-order chi connectivity index (χ0) is 13.9. The first-order chi connectivity index (χ1) is 8.35. The van der Waals surface area contributed by atoms with Gasteiger partial charge in [-0.05, 0) is 12.8 Å². The second kappa shape index (κ2) is 5.59. The summed E-state index contributed by atoms with van der Waals surface area (Å²) in [6.45, 7) is 4.03. The van der Waals surface area contributed by atoms with Crippen LogP contribution in [0.3, 0.4) is 0 Å². The lowest BCUT2D eigenvalue weighted by atomic mass is 10.2. The predicted molar refractivity (Wildman–Crippen MR) is 74.5 cm³/mol. The zero-order valence-corrected chi connectivity index (χ0v) is 12.3. The molecule has 0 bridgehead atoms. The molecule has 0 saturated heterocycles. The summed E-state index contributed by atoms with van der Waals surface area (Å²) in [6.07, 6.45) is 2.85. The molecule has 1 aromatic rings. The zero-order valence-electron chi connectivity index (χ0n) is 10.6. The van der Waals surface area contributed by atoms with Gasteiger partial charge in [-0.15, -0.1) is 11.3 Å². The van der Waals surface area contributed by atoms with Crippen molar-refractivity contribution in [1.82, 2.24) is 0 Å². The molecule has 0 aliphatic heterocycles. The van der Waals surface area contributed by atoms with E-state index in [4.69, 9.17) is 11.0 Å². The fourth-order valence-corrected chi connectivity index (χ4v) is 4.08. The first-order valence-corrected chi connectivity index (χ1v) is 8.34. The Bertz CT molecular complexity index is 566. The summed E-state index contributed by atoms with van der Waals surface area (Å²) in [6, 6.07) is 2.10. The lowest BCUT2D eigenvalue weighted by Gasteiger charge is -2.15. The maximum atomic E-state index is 11.7. The number of nitrogens with one attached hydrogen (secondary N) is 1. The smallest absolute Gasteiger partial charge is 0.180 e. The maximum absolute atomic E-state index is 11.7. The van der Waals surface area contributed by atoms with Gasteiger partial charge in [0.2, 0.25) is 0 Å². The Morgan fingerprint density at radius 2 is 2.00 bits per heavy atom. The fraction of sp³-hybridized carbons (Fsp3) is 0.545. The molecule has 0 amide bonds. The van der Waals surface area contributed by atoms with Gasteiger partial charge in [0.1, 0.15) is 20.8 Å². The number of nitrogens with two attached hydrogens (primary N) is 1. The highest BCUT2D eigenvalue weighted by Crippen LogP contribution is 2.39. The molecule has 0 aromatic carbocycles. The van der Waals surface area contributed by atoms with Crippen LogP contribution in [0, 0.1) is 11.3 Å². The van der Waals surface area contributed by atoms with E-state index in [1.807, 2.05) is 19.9 Å². The minimum absolute atomic E-state index is 0.0518. The van der Waals surface area contributed by atoms with Crippen LogP contribution in [0.15, 0.2) is 4.90 Å². The Balaban J connectivity index is 3.32. The van der Waals surface area contributed by atoms with Crippen LogP contribution >= 0.6 is 11.3 Å². The van der Waals surface area contributed by atoms with Crippen LogP contribution < -0.4 is 11.1 Å². The number of anilines is 2. The maximum Gasteiger partial charge on any atom is 0.180 e. The summed E-state index contributed by atoms with van der Waals surface area (Å²) in [5, 5.41) is 12.6. The summed E-state index contributed by atoms with van der Waals surface area (Å²) in [5.41, 5.74) is 5.78. The van der Waals surface area contributed by atoms with E-state index in [9.17, 15) is 8.42 Å². The highest BCUT2D eigenvalue weighted by Gasteiger charge is 2.24. The average molecular weight is 287 g/mol. The van der Waals surface area contributed by atoms with E-state index in [1.54, 1.807) is 0 Å². The molecule has 5 nitrogen and oxygen atoms in total. The van der Waals surface area contributed by atoms with Gasteiger partial charge < -0.3 is 11.1 Å². The van der Waals surface area contributed by atoms with Crippen LogP contribution in [0.5, 0.6) is 0 Å². The van der Waals surface area contributed by atoms with Crippen LogP contribution in [0.1, 0.15) is 31.6 Å². The van der Waals surface area contributed by atoms with E-state index in [1.165, 1.54) is 0 Å². The Hall–Kier alpha value is -1.26. The van der Waals surface area contributed by atoms with Gasteiger partial charge in [-0.3, -0.25) is 0 Å². The number of hydrogen-bond donors (Lipinski definition) is 2. The second-order valence-corrected chi connectivity index (χ2v) is 7.02. The van der Waals surface area contributed by atoms with Crippen LogP contribution in [0.4, 0.5) is 10.7 Å². The highest BCUT2D eigenvalue weighted by atomic mass is 32.2. The molecule has 0 fully saturated rings. The van der Waals surface area contributed by atoms with Crippen molar-refractivity contribution < 1.29 is 8.42 Å². The van der Waals surface area contributed by atoms with Gasteiger partial charge in [0, 0.05) is 12.3 Å². The van der Waals surface area contributed by atoms with Gasteiger partial charge in [-0.1, -0.05) is 13.8 Å². The van der Waals surface area contributed by atoms with Crippen molar-refractivity contribution >= 4 is 31.9 Å². The van der Waals surface area contributed by atoms with Crippen LogP contribution in [0.2, 0.25) is 0 Å². The number of nitriles is 1. The molecule has 1 rings (SSSR count). The van der Waals surface area contributed by atoms with Gasteiger partial charge in [0.15, 0.2) is 9.84 Å². The van der Waals surface area contributed by atoms with Gasteiger partial charge >= 0.3 is 0 Å². The van der Waals surface area contributed by atoms with Gasteiger partial charge in [-0.25, -0.2) is 8.42 Å². The molecular formula is C11H17N3O2S2. The summed E-state index contributed by atoms with van der Waals surface area (Å²) in [4.78, 5) is 0.292. The third-order valence-corrected chi connectivity index (χ3v) is 5.03. The minimum Gasteiger partial charge on any atom is -0.396 e. The van der Waals surface area contributed by atoms with Crippen LogP contribution in [-0.4, -0.2) is 20.7 Å². The molecule has 0 radical (unpaired) electrons. The van der Waals surface area contributed by atoms with E-state index in [0.29, 0.717) is 5.00 Å². The Kier molecular flexibility index (Phi) is 4.59. The predicted octanol–water partition coefficient (Wildman–Crippen LogP) is 2.21. The van der Waals surface area contributed by atoms with E-state index < -0.39 is 9.84 Å². The molecule has 100 valence electrons. The van der Waals surface area contributed by atoms with Crippen molar-refractivity contribution in [2.45, 2.75) is 37.6 Å². The normalized spacial score (nSPS) is 11.5. The topological polar surface area (TPSA) is 96.0 Å². The van der Waals surface area contributed by atoms with Crippen LogP contribution in [0.25, 0.3) is 0 Å². The number of nitrogen functional groups attached to an aromatic ring is 1. The van der Waals surface area contributed by atoms with E-state index >= 15 is 0 Å². The molecule has 1 aromatic heterocycles. The SMILES string of the molecule is CCC(CC)Nc1sc(C#N)c(N)c1S(C)(=O)=O. The summed E-state index contributed by atoms with van der Waals surface area (Å²) < 4.78 is 23.5. The molecule has 7 heteroatoms. The van der Waals surface area contributed by atoms with E-state index in [2.05, 4.69) is 5.32 Å². The van der Waals surface area contributed by atoms with Gasteiger partial charge in [0.05, 0.1) is 5.69 Å². The summed E-state index contributed by atoms with van der Waals surface area (Å²) >= 11 is 1.10. The molecule has 1 heterocycles. The van der Waals surface area contributed by atoms with Gasteiger partial charge in [-0.2, -0.15) is 5.26 Å². The lowest BCUT2D eigenvalue weighted by molar-refractivity contribution is 0.602. The Labute approximate surface area is 112 Å². The lowest BCUT2D eigenvalue weighted by Crippen LogP contribution is -2.17. The second-order valence-electron chi connectivity index (χ2n) is 4.04. The number of nitrogens with zero attached hydrogens (tertiary/aromatic N) is 1. The molecule has 0 spiro atoms. The van der Waals surface area contributed by atoms with Gasteiger partial charge in [0.25, 0.3) is 0 Å². The average Bonchev–Trinajstić information content (AvgIpc) is 2.61. The third-order valence-electron chi connectivity index (χ3n) is 2.69. The number of thiophene rings is 1. The fourth-order valence-electron chi connectivity index (χ4n) is 1.65. The molecule has 0 aliphatic rings. The minimum atomic E-state index is -3.44. The quantitative estimate of drug-likeness (QED) is 0.865. The van der Waals surface area contributed by atoms with Crippen LogP contribution in [-0.2, 0) is 9.84 Å². The molecule has 0 unspecified atom stereocenters. The summed E-state index contributed by atoms with van der Waals surface area (Å²) in [7, 11) is -3.44. The van der Waals surface area contributed by atoms with E-state index in [0.717, 1.165) is 30.4 Å². The monoisotopic (exact) mass is 287 g/mol. The number of rotatable bonds is 5. The van der Waals surface area contributed by atoms with Crippen molar-refractivity contribution in [1.29, 1.82) is 5.26 Å². The van der Waals surface area contributed by atoms with E-state index in [-0.39, 0.29) is 21.5 Å². The van der Waals surface area contributed by atoms with Crippen molar-refractivity contribution in [2.75, 3.05) is 17.3 Å². The van der Waals surface area contributed by atoms with Crippen molar-refractivity contribution in [2.24, 2.45) is 0 Å². The molecular weight excluding hydrogens is 270 g/mol. The molecule has 0 saturated carbocycles. The number of hydrogen-bond acceptors (Lipinski definition) is 6. The number of sulfone groups is 1. The van der Waals surface area contributed by atoms with Crippen molar-refractivity contribution in [3.63, 3.8) is 0 Å². The van der Waals surface area contributed by atoms with Crippen molar-refractivity contribution in [3.05, 3.63) is 4.88 Å². The highest BCUT2D eigenvalue weighted by molar-refractivity contribution is 7.91.